The number of imidazole rings is 1. The van der Waals surface area contributed by atoms with Crippen molar-refractivity contribution in [2.75, 3.05) is 0 Å². The summed E-state index contributed by atoms with van der Waals surface area (Å²) in [5, 5.41) is 2.13. The molecule has 0 amide bonds. The molecule has 3 rings (SSSR count). The number of thiazole rings is 1. The van der Waals surface area contributed by atoms with Crippen LogP contribution in [-0.2, 0) is 20.1 Å². The third kappa shape index (κ3) is 2.56. The largest absolute Gasteiger partial charge is 0.337 e. The van der Waals surface area contributed by atoms with Crippen molar-refractivity contribution in [1.29, 1.82) is 0 Å². The Morgan fingerprint density at radius 3 is 2.88 bits per heavy atom. The molecule has 0 N–H and O–H groups in total. The molecule has 0 saturated heterocycles. The molecule has 0 aromatic carbocycles. The quantitative estimate of drug-likeness (QED) is 0.812. The van der Waals surface area contributed by atoms with E-state index in [0.717, 1.165) is 25.0 Å². The molecule has 0 radical (unpaired) electrons. The third-order valence-corrected chi connectivity index (χ3v) is 3.81. The van der Waals surface area contributed by atoms with Crippen LogP contribution in [0.3, 0.4) is 0 Å². The Kier molecular flexibility index (Phi) is 2.94. The van der Waals surface area contributed by atoms with Gasteiger partial charge in [-0.25, -0.2) is 9.97 Å². The van der Waals surface area contributed by atoms with Crippen LogP contribution in [0.4, 0.5) is 0 Å². The van der Waals surface area contributed by atoms with E-state index < -0.39 is 0 Å². The van der Waals surface area contributed by atoms with Gasteiger partial charge in [0.15, 0.2) is 0 Å². The topological polar surface area (TPSA) is 34.0 Å². The lowest BCUT2D eigenvalue weighted by Gasteiger charge is -2.20. The Balaban J connectivity index is 1.70. The van der Waals surface area contributed by atoms with Gasteiger partial charge in [0, 0.05) is 37.4 Å². The van der Waals surface area contributed by atoms with E-state index in [1.807, 2.05) is 17.9 Å². The molecule has 2 heterocycles. The van der Waals surface area contributed by atoms with Gasteiger partial charge in [-0.15, -0.1) is 11.3 Å². The summed E-state index contributed by atoms with van der Waals surface area (Å²) >= 11 is 1.67. The molecule has 2 aromatic heterocycles. The van der Waals surface area contributed by atoms with Gasteiger partial charge in [0.25, 0.3) is 0 Å². The van der Waals surface area contributed by atoms with E-state index in [4.69, 9.17) is 0 Å². The molecule has 5 heteroatoms. The smallest absolute Gasteiger partial charge is 0.122 e. The van der Waals surface area contributed by atoms with E-state index in [9.17, 15) is 0 Å². The summed E-state index contributed by atoms with van der Waals surface area (Å²) in [6.45, 7) is 1.87. The predicted molar refractivity (Wildman–Crippen MR) is 67.6 cm³/mol. The lowest BCUT2D eigenvalue weighted by atomic mass is 10.3. The van der Waals surface area contributed by atoms with Gasteiger partial charge in [-0.2, -0.15) is 0 Å². The number of hydrogen-bond donors (Lipinski definition) is 0. The van der Waals surface area contributed by atoms with Crippen LogP contribution in [0.5, 0.6) is 0 Å². The fourth-order valence-electron chi connectivity index (χ4n) is 2.01. The molecular formula is C12H16N4S. The van der Waals surface area contributed by atoms with Crippen LogP contribution in [-0.4, -0.2) is 25.5 Å². The lowest BCUT2D eigenvalue weighted by Crippen LogP contribution is -2.26. The van der Waals surface area contributed by atoms with E-state index in [1.165, 1.54) is 18.5 Å². The van der Waals surface area contributed by atoms with Crippen LogP contribution < -0.4 is 0 Å². The number of aromatic nitrogens is 3. The predicted octanol–water partition coefficient (Wildman–Crippen LogP) is 2.04. The SMILES string of the molecule is Cn1ccnc1CN(Cc1cscn1)C1CC1. The molecule has 0 bridgehead atoms. The zero-order valence-corrected chi connectivity index (χ0v) is 10.7. The highest BCUT2D eigenvalue weighted by Gasteiger charge is 2.29. The number of aryl methyl sites for hydroxylation is 1. The highest BCUT2D eigenvalue weighted by Crippen LogP contribution is 2.29. The van der Waals surface area contributed by atoms with E-state index in [1.54, 1.807) is 11.3 Å². The van der Waals surface area contributed by atoms with Gasteiger partial charge >= 0.3 is 0 Å². The molecule has 1 aliphatic carbocycles. The minimum absolute atomic E-state index is 0.730. The van der Waals surface area contributed by atoms with Crippen molar-refractivity contribution in [1.82, 2.24) is 19.4 Å². The molecule has 17 heavy (non-hydrogen) atoms. The van der Waals surface area contributed by atoms with Crippen molar-refractivity contribution < 1.29 is 0 Å². The van der Waals surface area contributed by atoms with Crippen molar-refractivity contribution in [3.8, 4) is 0 Å². The fraction of sp³-hybridized carbons (Fsp3) is 0.500. The summed E-state index contributed by atoms with van der Waals surface area (Å²) < 4.78 is 2.09. The maximum atomic E-state index is 4.40. The van der Waals surface area contributed by atoms with Crippen molar-refractivity contribution in [2.45, 2.75) is 32.0 Å². The van der Waals surface area contributed by atoms with Crippen molar-refractivity contribution in [3.05, 3.63) is 34.8 Å². The van der Waals surface area contributed by atoms with Crippen LogP contribution in [0.2, 0.25) is 0 Å². The van der Waals surface area contributed by atoms with Gasteiger partial charge in [-0.1, -0.05) is 0 Å². The second-order valence-corrected chi connectivity index (χ2v) is 5.29. The zero-order valence-electron chi connectivity index (χ0n) is 9.91. The Morgan fingerprint density at radius 1 is 1.41 bits per heavy atom. The van der Waals surface area contributed by atoms with E-state index in [2.05, 4.69) is 31.9 Å². The maximum Gasteiger partial charge on any atom is 0.122 e. The molecule has 2 aromatic rings. The maximum absolute atomic E-state index is 4.40. The van der Waals surface area contributed by atoms with Crippen molar-refractivity contribution in [2.24, 2.45) is 7.05 Å². The normalized spacial score (nSPS) is 15.6. The molecule has 0 unspecified atom stereocenters. The van der Waals surface area contributed by atoms with Gasteiger partial charge in [0.05, 0.1) is 17.7 Å². The average molecular weight is 248 g/mol. The first-order chi connectivity index (χ1) is 8.33. The molecule has 0 aliphatic heterocycles. The molecule has 1 fully saturated rings. The highest BCUT2D eigenvalue weighted by molar-refractivity contribution is 7.07. The highest BCUT2D eigenvalue weighted by atomic mass is 32.1. The van der Waals surface area contributed by atoms with Gasteiger partial charge in [0.2, 0.25) is 0 Å². The lowest BCUT2D eigenvalue weighted by molar-refractivity contribution is 0.234. The van der Waals surface area contributed by atoms with Gasteiger partial charge in [-0.05, 0) is 12.8 Å². The van der Waals surface area contributed by atoms with Crippen LogP contribution >= 0.6 is 11.3 Å². The molecule has 90 valence electrons. The average Bonchev–Trinajstić information content (AvgIpc) is 2.91. The van der Waals surface area contributed by atoms with Gasteiger partial charge in [0.1, 0.15) is 5.82 Å². The van der Waals surface area contributed by atoms with Gasteiger partial charge < -0.3 is 4.57 Å². The third-order valence-electron chi connectivity index (χ3n) is 3.18. The van der Waals surface area contributed by atoms with Gasteiger partial charge in [-0.3, -0.25) is 4.90 Å². The molecule has 1 aliphatic rings. The summed E-state index contributed by atoms with van der Waals surface area (Å²) in [4.78, 5) is 11.2. The van der Waals surface area contributed by atoms with Crippen LogP contribution in [0.15, 0.2) is 23.3 Å². The number of nitrogens with zero attached hydrogens (tertiary/aromatic N) is 4. The fourth-order valence-corrected chi connectivity index (χ4v) is 2.56. The minimum atomic E-state index is 0.730. The first kappa shape index (κ1) is 10.9. The molecule has 1 saturated carbocycles. The summed E-state index contributed by atoms with van der Waals surface area (Å²) in [6.07, 6.45) is 6.50. The van der Waals surface area contributed by atoms with Crippen LogP contribution in [0, 0.1) is 0 Å². The number of rotatable bonds is 5. The van der Waals surface area contributed by atoms with Crippen LogP contribution in [0.25, 0.3) is 0 Å². The standard InChI is InChI=1S/C12H16N4S/c1-15-5-4-13-12(15)7-16(11-2-3-11)6-10-8-17-9-14-10/h4-5,8-9,11H,2-3,6-7H2,1H3. The monoisotopic (exact) mass is 248 g/mol. The van der Waals surface area contributed by atoms with Crippen molar-refractivity contribution in [3.63, 3.8) is 0 Å². The second-order valence-electron chi connectivity index (χ2n) is 4.57. The minimum Gasteiger partial charge on any atom is -0.337 e. The second kappa shape index (κ2) is 4.58. The zero-order chi connectivity index (χ0) is 11.7. The van der Waals surface area contributed by atoms with E-state index in [0.29, 0.717) is 0 Å². The first-order valence-electron chi connectivity index (χ1n) is 5.90. The molecule has 4 nitrogen and oxygen atoms in total. The Bertz CT molecular complexity index is 472. The summed E-state index contributed by atoms with van der Waals surface area (Å²) in [6, 6.07) is 0.730. The van der Waals surface area contributed by atoms with Crippen LogP contribution in [0.1, 0.15) is 24.4 Å². The summed E-state index contributed by atoms with van der Waals surface area (Å²) in [7, 11) is 2.05. The molecule has 0 spiro atoms. The first-order valence-corrected chi connectivity index (χ1v) is 6.84. The Labute approximate surface area is 105 Å². The van der Waals surface area contributed by atoms with Crippen molar-refractivity contribution >= 4 is 11.3 Å². The molecule has 0 atom stereocenters. The summed E-state index contributed by atoms with van der Waals surface area (Å²) in [5.74, 6) is 1.13. The Morgan fingerprint density at radius 2 is 2.29 bits per heavy atom. The number of hydrogen-bond acceptors (Lipinski definition) is 4. The van der Waals surface area contributed by atoms with E-state index >= 15 is 0 Å². The Hall–Kier alpha value is -1.20. The molecular weight excluding hydrogens is 232 g/mol. The van der Waals surface area contributed by atoms with E-state index in [-0.39, 0.29) is 0 Å². The summed E-state index contributed by atoms with van der Waals surface area (Å²) in [5.41, 5.74) is 3.08.